The van der Waals surface area contributed by atoms with E-state index in [4.69, 9.17) is 0 Å². The van der Waals surface area contributed by atoms with Crippen LogP contribution in [0.2, 0.25) is 0 Å². The molecule has 1 aliphatic rings. The Kier molecular flexibility index (Phi) is 5.17. The number of hydrogen-bond donors (Lipinski definition) is 2. The number of aromatic amines is 1. The lowest BCUT2D eigenvalue weighted by molar-refractivity contribution is 0.0928. The van der Waals surface area contributed by atoms with Crippen molar-refractivity contribution in [3.63, 3.8) is 0 Å². The molecule has 7 heteroatoms. The first-order chi connectivity index (χ1) is 13.9. The summed E-state index contributed by atoms with van der Waals surface area (Å²) >= 11 is 3.53. The number of hydrogen-bond acceptors (Lipinski definition) is 3. The van der Waals surface area contributed by atoms with Gasteiger partial charge in [-0.05, 0) is 55.7 Å². The van der Waals surface area contributed by atoms with Crippen molar-refractivity contribution in [1.82, 2.24) is 14.9 Å². The van der Waals surface area contributed by atoms with Crippen LogP contribution in [0, 0.1) is 0 Å². The number of benzene rings is 2. The van der Waals surface area contributed by atoms with E-state index in [-0.39, 0.29) is 11.3 Å². The minimum absolute atomic E-state index is 0.0344. The molecule has 6 nitrogen and oxygen atoms in total. The van der Waals surface area contributed by atoms with Crippen LogP contribution in [0.25, 0.3) is 11.0 Å². The lowest BCUT2D eigenvalue weighted by atomic mass is 9.64. The maximum Gasteiger partial charge on any atom is 0.316 e. The second-order valence-corrected chi connectivity index (χ2v) is 8.48. The smallest absolute Gasteiger partial charge is 0.316 e. The molecule has 150 valence electrons. The SMILES string of the molecule is CCn1c(=O)c(=O)[nH]c2cc(C(=O)NCC3(c4cccc(Br)c4)CCC3)ccc21. The number of aromatic nitrogens is 2. The second kappa shape index (κ2) is 7.63. The van der Waals surface area contributed by atoms with Gasteiger partial charge in [-0.3, -0.25) is 14.4 Å². The van der Waals surface area contributed by atoms with Crippen LogP contribution in [0.4, 0.5) is 0 Å². The number of nitrogens with zero attached hydrogens (tertiary/aromatic N) is 1. The summed E-state index contributed by atoms with van der Waals surface area (Å²) in [6, 6.07) is 13.3. The van der Waals surface area contributed by atoms with Gasteiger partial charge >= 0.3 is 11.1 Å². The van der Waals surface area contributed by atoms with E-state index in [0.29, 0.717) is 29.7 Å². The fourth-order valence-corrected chi connectivity index (χ4v) is 4.47. The van der Waals surface area contributed by atoms with Gasteiger partial charge in [-0.1, -0.05) is 34.5 Å². The van der Waals surface area contributed by atoms with Gasteiger partial charge in [0, 0.05) is 28.5 Å². The first-order valence-electron chi connectivity index (χ1n) is 9.75. The molecule has 4 rings (SSSR count). The summed E-state index contributed by atoms with van der Waals surface area (Å²) in [5.74, 6) is -0.191. The third-order valence-corrected chi connectivity index (χ3v) is 6.38. The Bertz CT molecular complexity index is 1210. The summed E-state index contributed by atoms with van der Waals surface area (Å²) in [6.45, 7) is 2.76. The lowest BCUT2D eigenvalue weighted by Gasteiger charge is -2.42. The number of amides is 1. The molecular weight excluding hydrogens is 434 g/mol. The minimum atomic E-state index is -0.681. The first kappa shape index (κ1) is 19.6. The molecule has 0 bridgehead atoms. The monoisotopic (exact) mass is 455 g/mol. The van der Waals surface area contributed by atoms with Crippen molar-refractivity contribution in [3.05, 3.63) is 78.8 Å². The normalized spacial score (nSPS) is 15.1. The lowest BCUT2D eigenvalue weighted by Crippen LogP contribution is -2.45. The molecule has 0 aliphatic heterocycles. The fourth-order valence-electron chi connectivity index (χ4n) is 4.08. The molecule has 0 atom stereocenters. The highest BCUT2D eigenvalue weighted by Crippen LogP contribution is 2.43. The van der Waals surface area contributed by atoms with Crippen LogP contribution in [0.5, 0.6) is 0 Å². The van der Waals surface area contributed by atoms with Crippen molar-refractivity contribution in [2.24, 2.45) is 0 Å². The molecule has 1 heterocycles. The molecule has 1 amide bonds. The van der Waals surface area contributed by atoms with Crippen LogP contribution in [0.3, 0.4) is 0 Å². The number of aryl methyl sites for hydroxylation is 1. The van der Waals surface area contributed by atoms with Gasteiger partial charge in [0.15, 0.2) is 0 Å². The minimum Gasteiger partial charge on any atom is -0.351 e. The maximum absolute atomic E-state index is 12.8. The predicted octanol–water partition coefficient (Wildman–Crippen LogP) is 3.32. The molecule has 3 aromatic rings. The zero-order chi connectivity index (χ0) is 20.6. The summed E-state index contributed by atoms with van der Waals surface area (Å²) in [5.41, 5.74) is 1.48. The molecule has 29 heavy (non-hydrogen) atoms. The van der Waals surface area contributed by atoms with Gasteiger partial charge in [-0.25, -0.2) is 0 Å². The van der Waals surface area contributed by atoms with E-state index >= 15 is 0 Å². The van der Waals surface area contributed by atoms with Crippen LogP contribution < -0.4 is 16.4 Å². The number of nitrogens with one attached hydrogen (secondary N) is 2. The van der Waals surface area contributed by atoms with Gasteiger partial charge in [0.05, 0.1) is 11.0 Å². The Balaban J connectivity index is 1.58. The van der Waals surface area contributed by atoms with Gasteiger partial charge in [0.25, 0.3) is 5.91 Å². The number of halogens is 1. The van der Waals surface area contributed by atoms with Crippen LogP contribution in [-0.4, -0.2) is 22.0 Å². The summed E-state index contributed by atoms with van der Waals surface area (Å²) in [6.07, 6.45) is 3.23. The third-order valence-electron chi connectivity index (χ3n) is 5.89. The number of carbonyl (C=O) groups is 1. The van der Waals surface area contributed by atoms with Crippen LogP contribution in [0.1, 0.15) is 42.1 Å². The molecule has 0 radical (unpaired) electrons. The van der Waals surface area contributed by atoms with E-state index in [2.05, 4.69) is 38.4 Å². The Labute approximate surface area is 176 Å². The van der Waals surface area contributed by atoms with E-state index in [1.165, 1.54) is 10.1 Å². The quantitative estimate of drug-likeness (QED) is 0.578. The summed E-state index contributed by atoms with van der Waals surface area (Å²) < 4.78 is 2.44. The summed E-state index contributed by atoms with van der Waals surface area (Å²) in [7, 11) is 0. The number of rotatable bonds is 5. The molecule has 2 N–H and O–H groups in total. The average molecular weight is 456 g/mol. The van der Waals surface area contributed by atoms with Crippen molar-refractivity contribution in [2.75, 3.05) is 6.54 Å². The number of H-pyrrole nitrogens is 1. The van der Waals surface area contributed by atoms with Crippen molar-refractivity contribution >= 4 is 32.9 Å². The topological polar surface area (TPSA) is 84.0 Å². The van der Waals surface area contributed by atoms with Crippen molar-refractivity contribution in [2.45, 2.75) is 38.1 Å². The predicted molar refractivity (Wildman–Crippen MR) is 117 cm³/mol. The Morgan fingerprint density at radius 1 is 1.21 bits per heavy atom. The van der Waals surface area contributed by atoms with Crippen LogP contribution >= 0.6 is 15.9 Å². The molecular formula is C22H22BrN3O3. The highest BCUT2D eigenvalue weighted by molar-refractivity contribution is 9.10. The molecule has 1 aliphatic carbocycles. The van der Waals surface area contributed by atoms with Gasteiger partial charge in [0.2, 0.25) is 0 Å². The number of carbonyl (C=O) groups excluding carboxylic acids is 1. The average Bonchev–Trinajstić information content (AvgIpc) is 2.68. The van der Waals surface area contributed by atoms with E-state index in [9.17, 15) is 14.4 Å². The molecule has 0 saturated heterocycles. The van der Waals surface area contributed by atoms with Crippen LogP contribution in [0.15, 0.2) is 56.5 Å². The van der Waals surface area contributed by atoms with Gasteiger partial charge in [0.1, 0.15) is 0 Å². The zero-order valence-corrected chi connectivity index (χ0v) is 17.7. The molecule has 0 unspecified atom stereocenters. The summed E-state index contributed by atoms with van der Waals surface area (Å²) in [5, 5.41) is 3.06. The fraction of sp³-hybridized carbons (Fsp3) is 0.318. The molecule has 1 aromatic heterocycles. The third kappa shape index (κ3) is 3.55. The van der Waals surface area contributed by atoms with Gasteiger partial charge < -0.3 is 14.9 Å². The maximum atomic E-state index is 12.8. The van der Waals surface area contributed by atoms with Crippen molar-refractivity contribution in [1.29, 1.82) is 0 Å². The van der Waals surface area contributed by atoms with E-state index in [0.717, 1.165) is 23.7 Å². The van der Waals surface area contributed by atoms with Crippen molar-refractivity contribution < 1.29 is 4.79 Å². The molecule has 2 aromatic carbocycles. The van der Waals surface area contributed by atoms with E-state index < -0.39 is 11.1 Å². The van der Waals surface area contributed by atoms with E-state index in [1.807, 2.05) is 12.1 Å². The van der Waals surface area contributed by atoms with E-state index in [1.54, 1.807) is 25.1 Å². The molecule has 1 fully saturated rings. The molecule has 1 saturated carbocycles. The van der Waals surface area contributed by atoms with Crippen LogP contribution in [-0.2, 0) is 12.0 Å². The van der Waals surface area contributed by atoms with Gasteiger partial charge in [-0.15, -0.1) is 0 Å². The Hall–Kier alpha value is -2.67. The molecule has 0 spiro atoms. The van der Waals surface area contributed by atoms with Gasteiger partial charge in [-0.2, -0.15) is 0 Å². The number of fused-ring (bicyclic) bond motifs is 1. The Morgan fingerprint density at radius 2 is 2.00 bits per heavy atom. The highest BCUT2D eigenvalue weighted by Gasteiger charge is 2.39. The van der Waals surface area contributed by atoms with Crippen molar-refractivity contribution in [3.8, 4) is 0 Å². The highest BCUT2D eigenvalue weighted by atomic mass is 79.9. The summed E-state index contributed by atoms with van der Waals surface area (Å²) in [4.78, 5) is 39.2. The standard InChI is InChI=1S/C22H22BrN3O3/c1-2-26-18-8-7-14(11-17(18)25-20(28)21(26)29)19(27)24-13-22(9-4-10-22)15-5-3-6-16(23)12-15/h3,5-8,11-12H,2,4,9-10,13H2,1H3,(H,24,27)(H,25,28). The second-order valence-electron chi connectivity index (χ2n) is 7.56. The zero-order valence-electron chi connectivity index (χ0n) is 16.1. The Morgan fingerprint density at radius 3 is 2.66 bits per heavy atom. The first-order valence-corrected chi connectivity index (χ1v) is 10.5. The largest absolute Gasteiger partial charge is 0.351 e.